The Morgan fingerprint density at radius 1 is 1.37 bits per heavy atom. The van der Waals surface area contributed by atoms with Crippen molar-refractivity contribution in [3.63, 3.8) is 0 Å². The molecule has 0 bridgehead atoms. The van der Waals surface area contributed by atoms with Crippen molar-refractivity contribution in [2.45, 2.75) is 6.42 Å². The number of ether oxygens (including phenoxy) is 1. The first-order valence-corrected chi connectivity index (χ1v) is 5.87. The van der Waals surface area contributed by atoms with Gasteiger partial charge in [-0.05, 0) is 18.2 Å². The quantitative estimate of drug-likeness (QED) is 0.611. The second-order valence-corrected chi connectivity index (χ2v) is 4.26. The van der Waals surface area contributed by atoms with E-state index in [1.54, 1.807) is 32.3 Å². The van der Waals surface area contributed by atoms with E-state index in [4.69, 9.17) is 5.73 Å². The number of nitrogen functional groups attached to an aromatic ring is 1. The third-order valence-corrected chi connectivity index (χ3v) is 2.55. The molecular weight excluding hydrogens is 246 g/mol. The Labute approximate surface area is 112 Å². The minimum Gasteiger partial charge on any atom is -0.469 e. The van der Waals surface area contributed by atoms with Gasteiger partial charge in [-0.3, -0.25) is 9.59 Å². The molecular formula is C13H19N3O3. The van der Waals surface area contributed by atoms with Crippen LogP contribution in [0, 0.1) is 0 Å². The molecule has 0 aliphatic rings. The topological polar surface area (TPSA) is 84.7 Å². The van der Waals surface area contributed by atoms with E-state index in [0.29, 0.717) is 23.5 Å². The lowest BCUT2D eigenvalue weighted by atomic mass is 10.1. The Kier molecular flexibility index (Phi) is 5.17. The Balaban J connectivity index is 2.83. The molecule has 0 heterocycles. The van der Waals surface area contributed by atoms with Gasteiger partial charge in [0.2, 0.25) is 0 Å². The molecule has 0 fully saturated rings. The first-order chi connectivity index (χ1) is 8.95. The Hall–Kier alpha value is -2.24. The van der Waals surface area contributed by atoms with E-state index in [-0.39, 0.29) is 18.3 Å². The average Bonchev–Trinajstić information content (AvgIpc) is 2.37. The lowest BCUT2D eigenvalue weighted by Crippen LogP contribution is -2.23. The number of nitrogens with one attached hydrogen (secondary N) is 1. The smallest absolute Gasteiger partial charge is 0.307 e. The Bertz CT molecular complexity index is 472. The first kappa shape index (κ1) is 14.8. The number of benzene rings is 1. The molecule has 1 aromatic carbocycles. The van der Waals surface area contributed by atoms with Gasteiger partial charge in [0.05, 0.1) is 19.1 Å². The van der Waals surface area contributed by atoms with Crippen LogP contribution in [0.15, 0.2) is 18.2 Å². The lowest BCUT2D eigenvalue weighted by Gasteiger charge is -2.15. The SMILES string of the molecule is COC(=O)CCNc1cc(N)ccc1C(=O)N(C)C. The van der Waals surface area contributed by atoms with E-state index in [2.05, 4.69) is 10.1 Å². The lowest BCUT2D eigenvalue weighted by molar-refractivity contribution is -0.140. The number of carbonyl (C=O) groups excluding carboxylic acids is 2. The number of amides is 1. The van der Waals surface area contributed by atoms with Crippen molar-refractivity contribution < 1.29 is 14.3 Å². The van der Waals surface area contributed by atoms with Crippen LogP contribution in [0.4, 0.5) is 11.4 Å². The standard InChI is InChI=1S/C13H19N3O3/c1-16(2)13(18)10-5-4-9(14)8-11(10)15-7-6-12(17)19-3/h4-5,8,15H,6-7,14H2,1-3H3. The molecule has 6 heteroatoms. The Morgan fingerprint density at radius 3 is 2.63 bits per heavy atom. The molecule has 104 valence electrons. The molecule has 0 aliphatic carbocycles. The average molecular weight is 265 g/mol. The van der Waals surface area contributed by atoms with Crippen LogP contribution in [0.25, 0.3) is 0 Å². The number of nitrogens with two attached hydrogens (primary N) is 1. The van der Waals surface area contributed by atoms with Crippen molar-refractivity contribution in [3.05, 3.63) is 23.8 Å². The van der Waals surface area contributed by atoms with Gasteiger partial charge in [0.1, 0.15) is 0 Å². The molecule has 0 unspecified atom stereocenters. The number of anilines is 2. The van der Waals surface area contributed by atoms with Crippen LogP contribution in [0.5, 0.6) is 0 Å². The fraction of sp³-hybridized carbons (Fsp3) is 0.385. The molecule has 0 saturated heterocycles. The zero-order chi connectivity index (χ0) is 14.4. The van der Waals surface area contributed by atoms with Gasteiger partial charge in [-0.2, -0.15) is 0 Å². The molecule has 0 radical (unpaired) electrons. The molecule has 6 nitrogen and oxygen atoms in total. The van der Waals surface area contributed by atoms with Crippen molar-refractivity contribution in [2.24, 2.45) is 0 Å². The number of rotatable bonds is 5. The van der Waals surface area contributed by atoms with Gasteiger partial charge in [0.25, 0.3) is 5.91 Å². The first-order valence-electron chi connectivity index (χ1n) is 5.87. The molecule has 19 heavy (non-hydrogen) atoms. The molecule has 3 N–H and O–H groups in total. The Morgan fingerprint density at radius 2 is 2.05 bits per heavy atom. The minimum absolute atomic E-state index is 0.124. The van der Waals surface area contributed by atoms with Crippen LogP contribution in [-0.4, -0.2) is 44.5 Å². The molecule has 0 aromatic heterocycles. The summed E-state index contributed by atoms with van der Waals surface area (Å²) in [5.74, 6) is -0.433. The highest BCUT2D eigenvalue weighted by molar-refractivity contribution is 6.00. The van der Waals surface area contributed by atoms with E-state index in [9.17, 15) is 9.59 Å². The van der Waals surface area contributed by atoms with Crippen molar-refractivity contribution in [1.82, 2.24) is 4.90 Å². The largest absolute Gasteiger partial charge is 0.469 e. The second-order valence-electron chi connectivity index (χ2n) is 4.26. The highest BCUT2D eigenvalue weighted by Crippen LogP contribution is 2.20. The summed E-state index contributed by atoms with van der Waals surface area (Å²) in [5, 5.41) is 3.03. The summed E-state index contributed by atoms with van der Waals surface area (Å²) in [6.07, 6.45) is 0.223. The summed E-state index contributed by atoms with van der Waals surface area (Å²) in [6, 6.07) is 5.01. The van der Waals surface area contributed by atoms with Gasteiger partial charge in [-0.25, -0.2) is 0 Å². The molecule has 1 aromatic rings. The highest BCUT2D eigenvalue weighted by Gasteiger charge is 2.13. The van der Waals surface area contributed by atoms with E-state index in [0.717, 1.165) is 0 Å². The van der Waals surface area contributed by atoms with E-state index >= 15 is 0 Å². The monoisotopic (exact) mass is 265 g/mol. The predicted molar refractivity (Wildman–Crippen MR) is 74.0 cm³/mol. The summed E-state index contributed by atoms with van der Waals surface area (Å²) in [7, 11) is 4.69. The number of hydrogen-bond donors (Lipinski definition) is 2. The number of carbonyl (C=O) groups is 2. The molecule has 1 rings (SSSR count). The molecule has 0 aliphatic heterocycles. The fourth-order valence-corrected chi connectivity index (χ4v) is 1.54. The normalized spacial score (nSPS) is 9.84. The van der Waals surface area contributed by atoms with Gasteiger partial charge in [0.15, 0.2) is 0 Å². The fourth-order valence-electron chi connectivity index (χ4n) is 1.54. The van der Waals surface area contributed by atoms with Crippen LogP contribution in [0.2, 0.25) is 0 Å². The van der Waals surface area contributed by atoms with Gasteiger partial charge in [-0.15, -0.1) is 0 Å². The van der Waals surface area contributed by atoms with E-state index in [1.807, 2.05) is 0 Å². The summed E-state index contributed by atoms with van der Waals surface area (Å²) < 4.78 is 4.55. The summed E-state index contributed by atoms with van der Waals surface area (Å²) in [6.45, 7) is 0.379. The van der Waals surface area contributed by atoms with E-state index < -0.39 is 0 Å². The highest BCUT2D eigenvalue weighted by atomic mass is 16.5. The maximum atomic E-state index is 12.0. The van der Waals surface area contributed by atoms with Crippen molar-refractivity contribution in [1.29, 1.82) is 0 Å². The van der Waals surface area contributed by atoms with Crippen molar-refractivity contribution >= 4 is 23.3 Å². The third-order valence-electron chi connectivity index (χ3n) is 2.55. The van der Waals surface area contributed by atoms with Crippen molar-refractivity contribution in [2.75, 3.05) is 38.8 Å². The maximum Gasteiger partial charge on any atom is 0.307 e. The van der Waals surface area contributed by atoms with Crippen LogP contribution >= 0.6 is 0 Å². The van der Waals surface area contributed by atoms with Crippen LogP contribution in [-0.2, 0) is 9.53 Å². The summed E-state index contributed by atoms with van der Waals surface area (Å²) in [4.78, 5) is 24.5. The number of hydrogen-bond acceptors (Lipinski definition) is 5. The number of methoxy groups -OCH3 is 1. The van der Waals surface area contributed by atoms with Crippen molar-refractivity contribution in [3.8, 4) is 0 Å². The minimum atomic E-state index is -0.308. The summed E-state index contributed by atoms with van der Waals surface area (Å²) >= 11 is 0. The van der Waals surface area contributed by atoms with Crippen LogP contribution < -0.4 is 11.1 Å². The van der Waals surface area contributed by atoms with E-state index in [1.165, 1.54) is 12.0 Å². The predicted octanol–water partition coefficient (Wildman–Crippen LogP) is 0.946. The zero-order valence-corrected chi connectivity index (χ0v) is 11.4. The third kappa shape index (κ3) is 4.17. The van der Waals surface area contributed by atoms with Gasteiger partial charge < -0.3 is 20.7 Å². The van der Waals surface area contributed by atoms with Gasteiger partial charge in [0, 0.05) is 32.0 Å². The second kappa shape index (κ2) is 6.63. The zero-order valence-electron chi connectivity index (χ0n) is 11.4. The summed E-state index contributed by atoms with van der Waals surface area (Å²) in [5.41, 5.74) is 7.39. The van der Waals surface area contributed by atoms with Crippen LogP contribution in [0.1, 0.15) is 16.8 Å². The molecule has 1 amide bonds. The van der Waals surface area contributed by atoms with Crippen LogP contribution in [0.3, 0.4) is 0 Å². The molecule has 0 saturated carbocycles. The molecule has 0 atom stereocenters. The number of nitrogens with zero attached hydrogens (tertiary/aromatic N) is 1. The number of esters is 1. The molecule has 0 spiro atoms. The van der Waals surface area contributed by atoms with Gasteiger partial charge >= 0.3 is 5.97 Å². The maximum absolute atomic E-state index is 12.0. The van der Waals surface area contributed by atoms with Gasteiger partial charge in [-0.1, -0.05) is 0 Å².